The zero-order valence-electron chi connectivity index (χ0n) is 11.5. The highest BCUT2D eigenvalue weighted by Gasteiger charge is 2.33. The fourth-order valence-electron chi connectivity index (χ4n) is 2.42. The van der Waals surface area contributed by atoms with Crippen molar-refractivity contribution in [2.45, 2.75) is 32.3 Å². The molecule has 4 nitrogen and oxygen atoms in total. The standard InChI is InChI=1S/C15H17BrN2O2/c1-15(2)19-10-13(20-15)9-18-7-6-17-14(18)11-4-3-5-12(16)8-11/h3-8,13H,9-10H2,1-2H3. The maximum absolute atomic E-state index is 5.86. The minimum Gasteiger partial charge on any atom is -0.348 e. The van der Waals surface area contributed by atoms with Crippen LogP contribution in [0.1, 0.15) is 13.8 Å². The van der Waals surface area contributed by atoms with Crippen LogP contribution in [0, 0.1) is 0 Å². The van der Waals surface area contributed by atoms with E-state index in [0.717, 1.165) is 22.4 Å². The van der Waals surface area contributed by atoms with Gasteiger partial charge in [-0.05, 0) is 26.0 Å². The summed E-state index contributed by atoms with van der Waals surface area (Å²) in [5.74, 6) is 0.459. The second kappa shape index (κ2) is 5.31. The second-order valence-corrected chi connectivity index (χ2v) is 6.28. The van der Waals surface area contributed by atoms with Gasteiger partial charge in [-0.25, -0.2) is 4.98 Å². The summed E-state index contributed by atoms with van der Waals surface area (Å²) in [7, 11) is 0. The summed E-state index contributed by atoms with van der Waals surface area (Å²) in [6.07, 6.45) is 3.85. The Hall–Kier alpha value is -1.17. The average molecular weight is 337 g/mol. The van der Waals surface area contributed by atoms with Crippen LogP contribution in [0.3, 0.4) is 0 Å². The molecule has 0 N–H and O–H groups in total. The van der Waals surface area contributed by atoms with Crippen molar-refractivity contribution in [3.63, 3.8) is 0 Å². The first kappa shape index (κ1) is 13.8. The molecule has 1 aliphatic rings. The van der Waals surface area contributed by atoms with Crippen LogP contribution < -0.4 is 0 Å². The molecule has 3 rings (SSSR count). The van der Waals surface area contributed by atoms with E-state index >= 15 is 0 Å². The highest BCUT2D eigenvalue weighted by Crippen LogP contribution is 2.26. The predicted octanol–water partition coefficient (Wildman–Crippen LogP) is 3.46. The summed E-state index contributed by atoms with van der Waals surface area (Å²) in [4.78, 5) is 4.45. The Morgan fingerprint density at radius 2 is 2.30 bits per heavy atom. The van der Waals surface area contributed by atoms with Crippen molar-refractivity contribution >= 4 is 15.9 Å². The van der Waals surface area contributed by atoms with Gasteiger partial charge in [0.05, 0.1) is 13.2 Å². The lowest BCUT2D eigenvalue weighted by Gasteiger charge is -2.18. The molecule has 20 heavy (non-hydrogen) atoms. The molecule has 1 fully saturated rings. The Balaban J connectivity index is 1.81. The first-order chi connectivity index (χ1) is 9.53. The van der Waals surface area contributed by atoms with E-state index < -0.39 is 5.79 Å². The molecule has 0 aliphatic carbocycles. The molecule has 0 radical (unpaired) electrons. The van der Waals surface area contributed by atoms with Crippen LogP contribution >= 0.6 is 15.9 Å². The summed E-state index contributed by atoms with van der Waals surface area (Å²) < 4.78 is 14.6. The van der Waals surface area contributed by atoms with Crippen LogP contribution in [0.4, 0.5) is 0 Å². The molecule has 2 heterocycles. The van der Waals surface area contributed by atoms with Crippen molar-refractivity contribution in [2.75, 3.05) is 6.61 Å². The number of imidazole rings is 1. The molecule has 5 heteroatoms. The van der Waals surface area contributed by atoms with Crippen LogP contribution in [-0.4, -0.2) is 28.0 Å². The summed E-state index contributed by atoms with van der Waals surface area (Å²) >= 11 is 3.49. The normalized spacial score (nSPS) is 21.2. The number of halogens is 1. The van der Waals surface area contributed by atoms with E-state index in [4.69, 9.17) is 9.47 Å². The Kier molecular flexibility index (Phi) is 3.67. The van der Waals surface area contributed by atoms with Gasteiger partial charge in [-0.1, -0.05) is 28.1 Å². The average Bonchev–Trinajstić information content (AvgIpc) is 2.96. The molecule has 1 aromatic heterocycles. The number of hydrogen-bond donors (Lipinski definition) is 0. The number of benzene rings is 1. The molecule has 2 aromatic rings. The van der Waals surface area contributed by atoms with Gasteiger partial charge >= 0.3 is 0 Å². The van der Waals surface area contributed by atoms with Crippen LogP contribution in [0.15, 0.2) is 41.1 Å². The first-order valence-electron chi connectivity index (χ1n) is 6.62. The van der Waals surface area contributed by atoms with E-state index in [0.29, 0.717) is 6.61 Å². The molecule has 0 saturated carbocycles. The van der Waals surface area contributed by atoms with Gasteiger partial charge < -0.3 is 14.0 Å². The summed E-state index contributed by atoms with van der Waals surface area (Å²) in [5.41, 5.74) is 1.09. The Bertz CT molecular complexity index is 609. The molecule has 0 amide bonds. The van der Waals surface area contributed by atoms with Gasteiger partial charge in [0.15, 0.2) is 5.79 Å². The monoisotopic (exact) mass is 336 g/mol. The molecule has 0 bridgehead atoms. The predicted molar refractivity (Wildman–Crippen MR) is 80.3 cm³/mol. The summed E-state index contributed by atoms with van der Waals surface area (Å²) in [6.45, 7) is 5.24. The van der Waals surface area contributed by atoms with Gasteiger partial charge in [-0.2, -0.15) is 0 Å². The Labute approximate surface area is 126 Å². The highest BCUT2D eigenvalue weighted by molar-refractivity contribution is 9.10. The van der Waals surface area contributed by atoms with Crippen molar-refractivity contribution < 1.29 is 9.47 Å². The van der Waals surface area contributed by atoms with Gasteiger partial charge in [-0.3, -0.25) is 0 Å². The third kappa shape index (κ3) is 2.95. The fourth-order valence-corrected chi connectivity index (χ4v) is 2.82. The van der Waals surface area contributed by atoms with Crippen molar-refractivity contribution in [1.82, 2.24) is 9.55 Å². The van der Waals surface area contributed by atoms with Crippen LogP contribution in [0.25, 0.3) is 11.4 Å². The number of rotatable bonds is 3. The Morgan fingerprint density at radius 3 is 3.00 bits per heavy atom. The second-order valence-electron chi connectivity index (χ2n) is 5.36. The van der Waals surface area contributed by atoms with Gasteiger partial charge in [0, 0.05) is 22.4 Å². The molecule has 1 atom stereocenters. The maximum atomic E-state index is 5.86. The Morgan fingerprint density at radius 1 is 1.45 bits per heavy atom. The maximum Gasteiger partial charge on any atom is 0.163 e. The smallest absolute Gasteiger partial charge is 0.163 e. The van der Waals surface area contributed by atoms with Crippen molar-refractivity contribution in [3.8, 4) is 11.4 Å². The number of aromatic nitrogens is 2. The molecular weight excluding hydrogens is 320 g/mol. The highest BCUT2D eigenvalue weighted by atomic mass is 79.9. The third-order valence-corrected chi connectivity index (χ3v) is 3.76. The van der Waals surface area contributed by atoms with Gasteiger partial charge in [0.2, 0.25) is 0 Å². The van der Waals surface area contributed by atoms with Gasteiger partial charge in [0.1, 0.15) is 11.9 Å². The zero-order chi connectivity index (χ0) is 14.2. The van der Waals surface area contributed by atoms with E-state index in [1.54, 1.807) is 0 Å². The van der Waals surface area contributed by atoms with Crippen molar-refractivity contribution in [1.29, 1.82) is 0 Å². The molecule has 1 saturated heterocycles. The van der Waals surface area contributed by atoms with E-state index in [1.165, 1.54) is 0 Å². The molecule has 1 unspecified atom stereocenters. The molecule has 1 aliphatic heterocycles. The van der Waals surface area contributed by atoms with E-state index in [9.17, 15) is 0 Å². The molecular formula is C15H17BrN2O2. The lowest BCUT2D eigenvalue weighted by atomic mass is 10.2. The fraction of sp³-hybridized carbons (Fsp3) is 0.400. The van der Waals surface area contributed by atoms with Crippen molar-refractivity contribution in [2.24, 2.45) is 0 Å². The van der Waals surface area contributed by atoms with Crippen molar-refractivity contribution in [3.05, 3.63) is 41.1 Å². The third-order valence-electron chi connectivity index (χ3n) is 3.27. The SMILES string of the molecule is CC1(C)OCC(Cn2ccnc2-c2cccc(Br)c2)O1. The van der Waals surface area contributed by atoms with Gasteiger partial charge in [0.25, 0.3) is 0 Å². The largest absolute Gasteiger partial charge is 0.348 e. The molecule has 106 valence electrons. The lowest BCUT2D eigenvalue weighted by molar-refractivity contribution is -0.139. The topological polar surface area (TPSA) is 36.3 Å². The van der Waals surface area contributed by atoms with E-state index in [2.05, 4.69) is 37.6 Å². The van der Waals surface area contributed by atoms with Gasteiger partial charge in [-0.15, -0.1) is 0 Å². The lowest BCUT2D eigenvalue weighted by Crippen LogP contribution is -2.24. The zero-order valence-corrected chi connectivity index (χ0v) is 13.1. The van der Waals surface area contributed by atoms with Crippen LogP contribution in [0.5, 0.6) is 0 Å². The summed E-state index contributed by atoms with van der Waals surface area (Å²) in [5, 5.41) is 0. The number of ether oxygens (including phenoxy) is 2. The minimum atomic E-state index is -0.485. The van der Waals surface area contributed by atoms with Crippen LogP contribution in [0.2, 0.25) is 0 Å². The number of hydrogen-bond acceptors (Lipinski definition) is 3. The van der Waals surface area contributed by atoms with Crippen LogP contribution in [-0.2, 0) is 16.0 Å². The number of nitrogens with zero attached hydrogens (tertiary/aromatic N) is 2. The summed E-state index contributed by atoms with van der Waals surface area (Å²) in [6, 6.07) is 8.14. The molecule has 1 aromatic carbocycles. The first-order valence-corrected chi connectivity index (χ1v) is 7.42. The quantitative estimate of drug-likeness (QED) is 0.861. The van der Waals surface area contributed by atoms with E-state index in [1.807, 2.05) is 38.4 Å². The van der Waals surface area contributed by atoms with E-state index in [-0.39, 0.29) is 6.10 Å². The minimum absolute atomic E-state index is 0.0603. The molecule has 0 spiro atoms.